The van der Waals surface area contributed by atoms with Crippen molar-refractivity contribution < 1.29 is 14.3 Å². The highest BCUT2D eigenvalue weighted by Gasteiger charge is 2.12. The SMILES string of the molecule is CC(C)CCOc1ccc(C(=O)Nc2cccc(C(=O)Nc3cccc(Cl)c3)c2)cc1Br. The molecule has 3 aromatic rings. The van der Waals surface area contributed by atoms with Gasteiger partial charge >= 0.3 is 0 Å². The number of halogens is 2. The lowest BCUT2D eigenvalue weighted by molar-refractivity contribution is 0.101. The molecule has 0 aromatic heterocycles. The molecule has 3 rings (SSSR count). The fourth-order valence-electron chi connectivity index (χ4n) is 2.87. The van der Waals surface area contributed by atoms with Crippen molar-refractivity contribution in [2.24, 2.45) is 5.92 Å². The number of anilines is 2. The Labute approximate surface area is 201 Å². The number of carbonyl (C=O) groups excluding carboxylic acids is 2. The smallest absolute Gasteiger partial charge is 0.255 e. The molecular formula is C25H24BrClN2O3. The maximum Gasteiger partial charge on any atom is 0.255 e. The molecule has 3 aromatic carbocycles. The summed E-state index contributed by atoms with van der Waals surface area (Å²) >= 11 is 9.43. The Morgan fingerprint density at radius 1 is 0.906 bits per heavy atom. The molecule has 0 saturated carbocycles. The first-order valence-corrected chi connectivity index (χ1v) is 11.4. The molecule has 0 aliphatic carbocycles. The van der Waals surface area contributed by atoms with Crippen LogP contribution in [0, 0.1) is 5.92 Å². The number of amides is 2. The first kappa shape index (κ1) is 23.8. The van der Waals surface area contributed by atoms with Crippen LogP contribution in [0.2, 0.25) is 5.02 Å². The molecule has 0 bridgehead atoms. The van der Waals surface area contributed by atoms with Gasteiger partial charge in [0, 0.05) is 27.5 Å². The number of benzene rings is 3. The topological polar surface area (TPSA) is 67.4 Å². The van der Waals surface area contributed by atoms with Crippen LogP contribution in [0.25, 0.3) is 0 Å². The number of nitrogens with one attached hydrogen (secondary N) is 2. The minimum atomic E-state index is -0.297. The Bertz CT molecular complexity index is 1120. The monoisotopic (exact) mass is 514 g/mol. The van der Waals surface area contributed by atoms with Crippen LogP contribution in [0.4, 0.5) is 11.4 Å². The van der Waals surface area contributed by atoms with Crippen molar-refractivity contribution in [3.8, 4) is 5.75 Å². The van der Waals surface area contributed by atoms with E-state index >= 15 is 0 Å². The fraction of sp³-hybridized carbons (Fsp3) is 0.200. The van der Waals surface area contributed by atoms with Crippen molar-refractivity contribution in [3.63, 3.8) is 0 Å². The number of ether oxygens (including phenoxy) is 1. The maximum atomic E-state index is 12.7. The van der Waals surface area contributed by atoms with Gasteiger partial charge in [0.05, 0.1) is 11.1 Å². The van der Waals surface area contributed by atoms with Crippen molar-refractivity contribution in [2.45, 2.75) is 20.3 Å². The molecule has 2 N–H and O–H groups in total. The first-order chi connectivity index (χ1) is 15.3. The van der Waals surface area contributed by atoms with Gasteiger partial charge in [-0.15, -0.1) is 0 Å². The number of hydrogen-bond acceptors (Lipinski definition) is 3. The summed E-state index contributed by atoms with van der Waals surface area (Å²) in [7, 11) is 0. The molecule has 0 heterocycles. The molecule has 0 unspecified atom stereocenters. The third kappa shape index (κ3) is 6.84. The highest BCUT2D eigenvalue weighted by Crippen LogP contribution is 2.27. The minimum Gasteiger partial charge on any atom is -0.492 e. The summed E-state index contributed by atoms with van der Waals surface area (Å²) in [6.07, 6.45) is 0.954. The van der Waals surface area contributed by atoms with E-state index in [1.165, 1.54) is 0 Å². The van der Waals surface area contributed by atoms with Crippen LogP contribution in [0.5, 0.6) is 5.75 Å². The molecule has 5 nitrogen and oxygen atoms in total. The molecule has 0 spiro atoms. The molecule has 0 aliphatic rings. The fourth-order valence-corrected chi connectivity index (χ4v) is 3.56. The Hall–Kier alpha value is -2.83. The zero-order chi connectivity index (χ0) is 23.1. The molecule has 166 valence electrons. The third-order valence-electron chi connectivity index (χ3n) is 4.61. The lowest BCUT2D eigenvalue weighted by atomic mass is 10.1. The lowest BCUT2D eigenvalue weighted by Crippen LogP contribution is -2.14. The lowest BCUT2D eigenvalue weighted by Gasteiger charge is -2.12. The molecule has 0 atom stereocenters. The normalized spacial score (nSPS) is 10.7. The van der Waals surface area contributed by atoms with Gasteiger partial charge in [-0.05, 0) is 82.9 Å². The molecule has 2 amide bonds. The highest BCUT2D eigenvalue weighted by molar-refractivity contribution is 9.10. The van der Waals surface area contributed by atoms with Gasteiger partial charge in [-0.1, -0.05) is 37.6 Å². The third-order valence-corrected chi connectivity index (χ3v) is 5.47. The summed E-state index contributed by atoms with van der Waals surface area (Å²) in [5.74, 6) is 0.671. The molecular weight excluding hydrogens is 492 g/mol. The number of carbonyl (C=O) groups is 2. The Balaban J connectivity index is 1.65. The van der Waals surface area contributed by atoms with E-state index in [1.54, 1.807) is 66.7 Å². The van der Waals surface area contributed by atoms with Crippen molar-refractivity contribution in [1.29, 1.82) is 0 Å². The van der Waals surface area contributed by atoms with Gasteiger partial charge in [0.2, 0.25) is 0 Å². The second-order valence-corrected chi connectivity index (χ2v) is 8.97. The maximum absolute atomic E-state index is 12.7. The number of hydrogen-bond donors (Lipinski definition) is 2. The van der Waals surface area contributed by atoms with Gasteiger partial charge in [-0.25, -0.2) is 0 Å². The van der Waals surface area contributed by atoms with Gasteiger partial charge in [0.25, 0.3) is 11.8 Å². The molecule has 0 aliphatic heterocycles. The van der Waals surface area contributed by atoms with Crippen LogP contribution in [-0.4, -0.2) is 18.4 Å². The summed E-state index contributed by atoms with van der Waals surface area (Å²) in [6.45, 7) is 4.90. The predicted octanol–water partition coefficient (Wildman–Crippen LogP) is 7.03. The zero-order valence-corrected chi connectivity index (χ0v) is 20.2. The summed E-state index contributed by atoms with van der Waals surface area (Å²) < 4.78 is 6.48. The van der Waals surface area contributed by atoms with Crippen molar-refractivity contribution in [1.82, 2.24) is 0 Å². The van der Waals surface area contributed by atoms with Gasteiger partial charge in [-0.2, -0.15) is 0 Å². The average Bonchev–Trinajstić information content (AvgIpc) is 2.75. The van der Waals surface area contributed by atoms with Crippen molar-refractivity contribution in [2.75, 3.05) is 17.2 Å². The first-order valence-electron chi connectivity index (χ1n) is 10.2. The van der Waals surface area contributed by atoms with Gasteiger partial charge in [0.15, 0.2) is 0 Å². The van der Waals surface area contributed by atoms with Crippen LogP contribution in [-0.2, 0) is 0 Å². The summed E-state index contributed by atoms with van der Waals surface area (Å²) in [5, 5.41) is 6.16. The second-order valence-electron chi connectivity index (χ2n) is 7.68. The van der Waals surface area contributed by atoms with E-state index < -0.39 is 0 Å². The molecule has 7 heteroatoms. The van der Waals surface area contributed by atoms with E-state index in [0.717, 1.165) is 6.42 Å². The number of rotatable bonds is 8. The minimum absolute atomic E-state index is 0.285. The second kappa shape index (κ2) is 11.2. The highest BCUT2D eigenvalue weighted by atomic mass is 79.9. The van der Waals surface area contributed by atoms with Crippen LogP contribution in [0.1, 0.15) is 41.0 Å². The Morgan fingerprint density at radius 2 is 1.53 bits per heavy atom. The van der Waals surface area contributed by atoms with Crippen LogP contribution in [0.15, 0.2) is 71.2 Å². The van der Waals surface area contributed by atoms with E-state index in [4.69, 9.17) is 16.3 Å². The van der Waals surface area contributed by atoms with E-state index in [2.05, 4.69) is 40.4 Å². The van der Waals surface area contributed by atoms with Crippen LogP contribution in [0.3, 0.4) is 0 Å². The standard InChI is InChI=1S/C25H24BrClN2O3/c1-16(2)11-12-32-23-10-9-18(14-22(23)26)25(31)28-20-7-3-5-17(13-20)24(30)29-21-8-4-6-19(27)15-21/h3-10,13-16H,11-12H2,1-2H3,(H,28,31)(H,29,30). The molecule has 32 heavy (non-hydrogen) atoms. The van der Waals surface area contributed by atoms with Gasteiger partial charge in [0.1, 0.15) is 5.75 Å². The predicted molar refractivity (Wildman–Crippen MR) is 133 cm³/mol. The van der Waals surface area contributed by atoms with Crippen LogP contribution >= 0.6 is 27.5 Å². The largest absolute Gasteiger partial charge is 0.492 e. The van der Waals surface area contributed by atoms with Gasteiger partial charge in [-0.3, -0.25) is 9.59 Å². The van der Waals surface area contributed by atoms with E-state index in [0.29, 0.717) is 50.3 Å². The van der Waals surface area contributed by atoms with Gasteiger partial charge < -0.3 is 15.4 Å². The van der Waals surface area contributed by atoms with E-state index in [9.17, 15) is 9.59 Å². The van der Waals surface area contributed by atoms with Crippen molar-refractivity contribution in [3.05, 3.63) is 87.4 Å². The summed E-state index contributed by atoms with van der Waals surface area (Å²) in [4.78, 5) is 25.3. The van der Waals surface area contributed by atoms with Crippen molar-refractivity contribution >= 4 is 50.7 Å². The Morgan fingerprint density at radius 3 is 2.16 bits per heavy atom. The quantitative estimate of drug-likeness (QED) is 0.338. The van der Waals surface area contributed by atoms with E-state index in [-0.39, 0.29) is 11.8 Å². The average molecular weight is 516 g/mol. The molecule has 0 radical (unpaired) electrons. The molecule has 0 fully saturated rings. The van der Waals surface area contributed by atoms with E-state index in [1.807, 2.05) is 0 Å². The molecule has 0 saturated heterocycles. The summed E-state index contributed by atoms with van der Waals surface area (Å²) in [5.41, 5.74) is 2.00. The zero-order valence-electron chi connectivity index (χ0n) is 17.8. The summed E-state index contributed by atoms with van der Waals surface area (Å²) in [6, 6.07) is 18.8. The van der Waals surface area contributed by atoms with Crippen LogP contribution < -0.4 is 15.4 Å². The Kier molecular flexibility index (Phi) is 8.31.